The smallest absolute Gasteiger partial charge is 0.164 e. The Bertz CT molecular complexity index is 2870. The predicted octanol–water partition coefficient (Wildman–Crippen LogP) is 13.1. The van der Waals surface area contributed by atoms with Crippen molar-refractivity contribution >= 4 is 49.8 Å². The van der Waals surface area contributed by atoms with Gasteiger partial charge in [0.25, 0.3) is 0 Å². The predicted molar refractivity (Wildman–Crippen MR) is 221 cm³/mol. The zero-order valence-corrected chi connectivity index (χ0v) is 29.2. The molecule has 10 aromatic rings. The number of furan rings is 1. The lowest BCUT2D eigenvalue weighted by Gasteiger charge is -2.27. The maximum Gasteiger partial charge on any atom is 0.164 e. The Labute approximate surface area is 312 Å². The van der Waals surface area contributed by atoms with E-state index in [-0.39, 0.29) is 0 Å². The molecular formula is C49H32N4O. The van der Waals surface area contributed by atoms with Crippen molar-refractivity contribution in [2.75, 3.05) is 4.90 Å². The molecule has 0 N–H and O–H groups in total. The van der Waals surface area contributed by atoms with Crippen LogP contribution >= 0.6 is 0 Å². The quantitative estimate of drug-likeness (QED) is 0.166. The van der Waals surface area contributed by atoms with Crippen LogP contribution in [0.1, 0.15) is 0 Å². The Morgan fingerprint density at radius 3 is 1.56 bits per heavy atom. The van der Waals surface area contributed by atoms with Crippen molar-refractivity contribution < 1.29 is 4.42 Å². The highest BCUT2D eigenvalue weighted by molar-refractivity contribution is 6.14. The molecule has 254 valence electrons. The third kappa shape index (κ3) is 5.74. The molecule has 0 atom stereocenters. The lowest BCUT2D eigenvalue weighted by molar-refractivity contribution is 0.669. The molecule has 2 aromatic heterocycles. The second-order valence-electron chi connectivity index (χ2n) is 13.3. The van der Waals surface area contributed by atoms with Crippen LogP contribution in [0.2, 0.25) is 0 Å². The molecule has 0 aliphatic carbocycles. The van der Waals surface area contributed by atoms with Gasteiger partial charge in [-0.15, -0.1) is 0 Å². The Hall–Kier alpha value is -7.37. The van der Waals surface area contributed by atoms with E-state index in [1.807, 2.05) is 78.9 Å². The molecule has 2 heterocycles. The second-order valence-corrected chi connectivity index (χ2v) is 13.3. The molecule has 0 amide bonds. The first-order valence-electron chi connectivity index (χ1n) is 18.0. The molecule has 0 aliphatic heterocycles. The van der Waals surface area contributed by atoms with Crippen LogP contribution in [0.4, 0.5) is 17.1 Å². The first-order valence-corrected chi connectivity index (χ1v) is 18.0. The number of hydrogen-bond donors (Lipinski definition) is 0. The van der Waals surface area contributed by atoms with Crippen LogP contribution in [0.25, 0.3) is 78.0 Å². The van der Waals surface area contributed by atoms with Gasteiger partial charge in [-0.05, 0) is 70.4 Å². The lowest BCUT2D eigenvalue weighted by atomic mass is 10.0. The van der Waals surface area contributed by atoms with Crippen LogP contribution in [0.15, 0.2) is 199 Å². The van der Waals surface area contributed by atoms with Gasteiger partial charge in [-0.3, -0.25) is 0 Å². The molecule has 5 nitrogen and oxygen atoms in total. The standard InChI is InChI=1S/C49H32N4O/c1-4-13-33(14-5-1)35-23-27-40(28-24-35)53(41-29-25-34-15-10-11-20-38(34)31-41)43-21-12-22-44-46(43)42-30-26-39(32-45(42)54-44)49-51-47(36-16-6-2-7-17-36)50-48(52-49)37-18-8-3-9-19-37/h1-32H. The van der Waals surface area contributed by atoms with Crippen LogP contribution in [-0.4, -0.2) is 15.0 Å². The van der Waals surface area contributed by atoms with Gasteiger partial charge in [-0.25, -0.2) is 15.0 Å². The summed E-state index contributed by atoms with van der Waals surface area (Å²) >= 11 is 0. The molecule has 0 saturated carbocycles. The summed E-state index contributed by atoms with van der Waals surface area (Å²) in [6.45, 7) is 0. The van der Waals surface area contributed by atoms with Gasteiger partial charge in [-0.2, -0.15) is 0 Å². The number of anilines is 3. The highest BCUT2D eigenvalue weighted by Crippen LogP contribution is 2.44. The molecule has 54 heavy (non-hydrogen) atoms. The van der Waals surface area contributed by atoms with E-state index in [0.29, 0.717) is 17.5 Å². The molecule has 10 rings (SSSR count). The summed E-state index contributed by atoms with van der Waals surface area (Å²) in [5.41, 5.74) is 9.76. The minimum absolute atomic E-state index is 0.585. The van der Waals surface area contributed by atoms with Crippen molar-refractivity contribution in [2.24, 2.45) is 0 Å². The van der Waals surface area contributed by atoms with E-state index < -0.39 is 0 Å². The lowest BCUT2D eigenvalue weighted by Crippen LogP contribution is -2.10. The minimum atomic E-state index is 0.585. The maximum absolute atomic E-state index is 6.66. The molecule has 0 fully saturated rings. The summed E-state index contributed by atoms with van der Waals surface area (Å²) < 4.78 is 6.66. The summed E-state index contributed by atoms with van der Waals surface area (Å²) in [6, 6.07) is 67.0. The van der Waals surface area contributed by atoms with Gasteiger partial charge < -0.3 is 9.32 Å². The van der Waals surface area contributed by atoms with Gasteiger partial charge in [-0.1, -0.05) is 146 Å². The van der Waals surface area contributed by atoms with Gasteiger partial charge in [0.15, 0.2) is 17.5 Å². The number of nitrogens with zero attached hydrogens (tertiary/aromatic N) is 4. The van der Waals surface area contributed by atoms with E-state index >= 15 is 0 Å². The average molecular weight is 693 g/mol. The number of benzene rings is 8. The maximum atomic E-state index is 6.66. The van der Waals surface area contributed by atoms with E-state index in [2.05, 4.69) is 120 Å². The first kappa shape index (κ1) is 31.4. The van der Waals surface area contributed by atoms with E-state index in [1.54, 1.807) is 0 Å². The van der Waals surface area contributed by atoms with Gasteiger partial charge in [0.1, 0.15) is 11.2 Å². The second kappa shape index (κ2) is 13.3. The summed E-state index contributed by atoms with van der Waals surface area (Å²) in [5.74, 6) is 1.83. The normalized spacial score (nSPS) is 11.3. The number of fused-ring (bicyclic) bond motifs is 4. The molecule has 0 spiro atoms. The number of hydrogen-bond acceptors (Lipinski definition) is 5. The number of aromatic nitrogens is 3. The van der Waals surface area contributed by atoms with E-state index in [0.717, 1.165) is 55.7 Å². The van der Waals surface area contributed by atoms with Crippen molar-refractivity contribution in [3.63, 3.8) is 0 Å². The van der Waals surface area contributed by atoms with E-state index in [9.17, 15) is 0 Å². The molecule has 8 aromatic carbocycles. The molecule has 0 radical (unpaired) electrons. The van der Waals surface area contributed by atoms with Crippen LogP contribution in [-0.2, 0) is 0 Å². The third-order valence-electron chi connectivity index (χ3n) is 9.90. The van der Waals surface area contributed by atoms with Crippen molar-refractivity contribution in [3.05, 3.63) is 194 Å². The van der Waals surface area contributed by atoms with Crippen molar-refractivity contribution in [3.8, 4) is 45.3 Å². The van der Waals surface area contributed by atoms with Gasteiger partial charge >= 0.3 is 0 Å². The summed E-state index contributed by atoms with van der Waals surface area (Å²) in [6.07, 6.45) is 0. The van der Waals surface area contributed by atoms with E-state index in [1.165, 1.54) is 21.9 Å². The molecule has 0 unspecified atom stereocenters. The van der Waals surface area contributed by atoms with Crippen molar-refractivity contribution in [2.45, 2.75) is 0 Å². The average Bonchev–Trinajstić information content (AvgIpc) is 3.63. The molecule has 0 saturated heterocycles. The topological polar surface area (TPSA) is 55.1 Å². The fraction of sp³-hybridized carbons (Fsp3) is 0. The fourth-order valence-corrected chi connectivity index (χ4v) is 7.25. The van der Waals surface area contributed by atoms with Gasteiger partial charge in [0, 0.05) is 33.5 Å². The highest BCUT2D eigenvalue weighted by atomic mass is 16.3. The molecule has 0 bridgehead atoms. The van der Waals surface area contributed by atoms with Crippen molar-refractivity contribution in [1.29, 1.82) is 0 Å². The Morgan fingerprint density at radius 1 is 0.352 bits per heavy atom. The highest BCUT2D eigenvalue weighted by Gasteiger charge is 2.21. The van der Waals surface area contributed by atoms with Crippen LogP contribution < -0.4 is 4.90 Å². The summed E-state index contributed by atoms with van der Waals surface area (Å²) in [4.78, 5) is 17.1. The van der Waals surface area contributed by atoms with Crippen LogP contribution in [0, 0.1) is 0 Å². The Kier molecular flexibility index (Phi) is 7.73. The van der Waals surface area contributed by atoms with Crippen LogP contribution in [0.5, 0.6) is 0 Å². The van der Waals surface area contributed by atoms with Crippen molar-refractivity contribution in [1.82, 2.24) is 15.0 Å². The summed E-state index contributed by atoms with van der Waals surface area (Å²) in [5, 5.41) is 4.42. The van der Waals surface area contributed by atoms with E-state index in [4.69, 9.17) is 19.4 Å². The fourth-order valence-electron chi connectivity index (χ4n) is 7.25. The summed E-state index contributed by atoms with van der Waals surface area (Å²) in [7, 11) is 0. The van der Waals surface area contributed by atoms with Crippen LogP contribution in [0.3, 0.4) is 0 Å². The number of rotatable bonds is 7. The van der Waals surface area contributed by atoms with Gasteiger partial charge in [0.2, 0.25) is 0 Å². The first-order chi connectivity index (χ1) is 26.7. The largest absolute Gasteiger partial charge is 0.456 e. The monoisotopic (exact) mass is 692 g/mol. The third-order valence-corrected chi connectivity index (χ3v) is 9.90. The zero-order chi connectivity index (χ0) is 35.8. The van der Waals surface area contributed by atoms with Gasteiger partial charge in [0.05, 0.1) is 11.1 Å². The Balaban J connectivity index is 1.13. The molecule has 5 heteroatoms. The Morgan fingerprint density at radius 2 is 0.889 bits per heavy atom. The SMILES string of the molecule is c1ccc(-c2ccc(N(c3ccc4ccccc4c3)c3cccc4oc5cc(-c6nc(-c7ccccc7)nc(-c7ccccc7)n6)ccc5c34)cc2)cc1. The molecule has 0 aliphatic rings. The molecular weight excluding hydrogens is 661 g/mol. The zero-order valence-electron chi connectivity index (χ0n) is 29.2. The minimum Gasteiger partial charge on any atom is -0.456 e.